The van der Waals surface area contributed by atoms with Crippen LogP contribution in [0.15, 0.2) is 27.6 Å². The summed E-state index contributed by atoms with van der Waals surface area (Å²) < 4.78 is 24.1. The molecule has 0 unspecified atom stereocenters. The predicted molar refractivity (Wildman–Crippen MR) is 62.7 cm³/mol. The Morgan fingerprint density at radius 1 is 1.40 bits per heavy atom. The molecule has 4 nitrogen and oxygen atoms in total. The molecule has 1 rings (SSSR count). The molecule has 0 fully saturated rings. The average molecular weight is 294 g/mol. The molecule has 1 aromatic rings. The molecule has 0 amide bonds. The molecule has 84 valence electrons. The van der Waals surface area contributed by atoms with Gasteiger partial charge >= 0.3 is 0 Å². The second-order valence-corrected chi connectivity index (χ2v) is 6.54. The monoisotopic (exact) mass is 293 g/mol. The van der Waals surface area contributed by atoms with Crippen molar-refractivity contribution >= 4 is 25.8 Å². The zero-order valence-corrected chi connectivity index (χ0v) is 10.7. The van der Waals surface area contributed by atoms with Gasteiger partial charge < -0.3 is 4.57 Å². The summed E-state index contributed by atoms with van der Waals surface area (Å²) in [6.07, 6.45) is 3.30. The lowest BCUT2D eigenvalue weighted by molar-refractivity contribution is 0.589. The van der Waals surface area contributed by atoms with Crippen molar-refractivity contribution in [2.45, 2.75) is 13.0 Å². The van der Waals surface area contributed by atoms with Crippen molar-refractivity contribution in [1.29, 1.82) is 0 Å². The van der Waals surface area contributed by atoms with Crippen LogP contribution in [0.1, 0.15) is 6.42 Å². The molecule has 6 heteroatoms. The number of aryl methyl sites for hydroxylation is 1. The average Bonchev–Trinajstić information content (AvgIpc) is 2.09. The van der Waals surface area contributed by atoms with Gasteiger partial charge in [-0.15, -0.1) is 0 Å². The lowest BCUT2D eigenvalue weighted by Crippen LogP contribution is -2.19. The Hall–Kier alpha value is -0.620. The maximum Gasteiger partial charge on any atom is 0.250 e. The highest BCUT2D eigenvalue weighted by molar-refractivity contribution is 9.10. The molecule has 0 aliphatic rings. The van der Waals surface area contributed by atoms with E-state index in [0.717, 1.165) is 4.47 Å². The number of hydrogen-bond donors (Lipinski definition) is 0. The molecule has 15 heavy (non-hydrogen) atoms. The van der Waals surface area contributed by atoms with Crippen LogP contribution >= 0.6 is 15.9 Å². The van der Waals surface area contributed by atoms with E-state index in [-0.39, 0.29) is 11.3 Å². The number of hydrogen-bond acceptors (Lipinski definition) is 3. The molecule has 0 spiro atoms. The van der Waals surface area contributed by atoms with Crippen molar-refractivity contribution in [2.24, 2.45) is 0 Å². The first kappa shape index (κ1) is 12.4. The molecule has 0 saturated heterocycles. The highest BCUT2D eigenvalue weighted by atomic mass is 79.9. The molecule has 0 aliphatic heterocycles. The molecule has 1 heterocycles. The third kappa shape index (κ3) is 4.61. The fourth-order valence-electron chi connectivity index (χ4n) is 1.17. The minimum absolute atomic E-state index is 0.103. The second kappa shape index (κ2) is 4.94. The van der Waals surface area contributed by atoms with Crippen LogP contribution in [0, 0.1) is 0 Å². The van der Waals surface area contributed by atoms with E-state index in [2.05, 4.69) is 15.9 Å². The van der Waals surface area contributed by atoms with Gasteiger partial charge in [-0.1, -0.05) is 0 Å². The number of aromatic nitrogens is 1. The van der Waals surface area contributed by atoms with Gasteiger partial charge in [0, 0.05) is 29.5 Å². The largest absolute Gasteiger partial charge is 0.314 e. The minimum atomic E-state index is -2.94. The van der Waals surface area contributed by atoms with E-state index in [0.29, 0.717) is 13.0 Å². The first-order valence-corrected chi connectivity index (χ1v) is 7.27. The number of rotatable bonds is 4. The number of pyridine rings is 1. The molecule has 0 N–H and O–H groups in total. The topological polar surface area (TPSA) is 56.1 Å². The maximum atomic E-state index is 11.3. The van der Waals surface area contributed by atoms with Gasteiger partial charge in [0.05, 0.1) is 5.75 Å². The van der Waals surface area contributed by atoms with Gasteiger partial charge in [0.15, 0.2) is 0 Å². The molecular weight excluding hydrogens is 282 g/mol. The van der Waals surface area contributed by atoms with E-state index in [9.17, 15) is 13.2 Å². The van der Waals surface area contributed by atoms with Gasteiger partial charge in [-0.25, -0.2) is 8.42 Å². The molecule has 0 bridgehead atoms. The van der Waals surface area contributed by atoms with Crippen LogP contribution in [0.5, 0.6) is 0 Å². The first-order valence-electron chi connectivity index (χ1n) is 4.42. The van der Waals surface area contributed by atoms with Crippen LogP contribution in [0.3, 0.4) is 0 Å². The normalized spacial score (nSPS) is 11.6. The van der Waals surface area contributed by atoms with E-state index >= 15 is 0 Å². The summed E-state index contributed by atoms with van der Waals surface area (Å²) in [6.45, 7) is 0.422. The molecule has 0 aromatic carbocycles. The zero-order valence-electron chi connectivity index (χ0n) is 8.31. The van der Waals surface area contributed by atoms with Crippen LogP contribution in [0.25, 0.3) is 0 Å². The fraction of sp³-hybridized carbons (Fsp3) is 0.444. The van der Waals surface area contributed by atoms with Crippen molar-refractivity contribution in [3.8, 4) is 0 Å². The molecule has 0 aliphatic carbocycles. The SMILES string of the molecule is CS(=O)(=O)CCCn1cc(Br)ccc1=O. The van der Waals surface area contributed by atoms with Crippen molar-refractivity contribution in [1.82, 2.24) is 4.57 Å². The van der Waals surface area contributed by atoms with Gasteiger partial charge in [0.2, 0.25) is 0 Å². The second-order valence-electron chi connectivity index (χ2n) is 3.36. The zero-order chi connectivity index (χ0) is 11.5. The van der Waals surface area contributed by atoms with Crippen LogP contribution in [-0.2, 0) is 16.4 Å². The maximum absolute atomic E-state index is 11.3. The van der Waals surface area contributed by atoms with E-state index < -0.39 is 9.84 Å². The lowest BCUT2D eigenvalue weighted by atomic mass is 10.4. The van der Waals surface area contributed by atoms with Crippen LogP contribution < -0.4 is 5.56 Å². The third-order valence-electron chi connectivity index (χ3n) is 1.86. The summed E-state index contributed by atoms with van der Waals surface area (Å²) in [5, 5.41) is 0. The summed E-state index contributed by atoms with van der Waals surface area (Å²) in [7, 11) is -2.94. The Labute approximate surface area is 97.0 Å². The number of halogens is 1. The number of nitrogens with zero attached hydrogens (tertiary/aromatic N) is 1. The highest BCUT2D eigenvalue weighted by Gasteiger charge is 2.02. The van der Waals surface area contributed by atoms with Gasteiger partial charge in [0.25, 0.3) is 5.56 Å². The Morgan fingerprint density at radius 3 is 2.67 bits per heavy atom. The Morgan fingerprint density at radius 2 is 2.07 bits per heavy atom. The van der Waals surface area contributed by atoms with Gasteiger partial charge in [-0.3, -0.25) is 4.79 Å². The Balaban J connectivity index is 2.66. The quantitative estimate of drug-likeness (QED) is 0.834. The highest BCUT2D eigenvalue weighted by Crippen LogP contribution is 2.05. The molecule has 1 aromatic heterocycles. The lowest BCUT2D eigenvalue weighted by Gasteiger charge is -2.04. The van der Waals surface area contributed by atoms with E-state index in [1.807, 2.05) is 0 Å². The van der Waals surface area contributed by atoms with E-state index in [4.69, 9.17) is 0 Å². The Kier molecular flexibility index (Phi) is 4.10. The molecular formula is C9H12BrNO3S. The fourth-order valence-corrected chi connectivity index (χ4v) is 2.21. The van der Waals surface area contributed by atoms with Crippen molar-refractivity contribution in [2.75, 3.05) is 12.0 Å². The van der Waals surface area contributed by atoms with Crippen LogP contribution in [0.2, 0.25) is 0 Å². The summed E-state index contributed by atoms with van der Waals surface area (Å²) in [5.74, 6) is 0.103. The Bertz CT molecular complexity index is 492. The predicted octanol–water partition coefficient (Wildman–Crippen LogP) is 1.05. The smallest absolute Gasteiger partial charge is 0.250 e. The summed E-state index contributed by atoms with van der Waals surface area (Å²) in [4.78, 5) is 11.3. The van der Waals surface area contributed by atoms with Gasteiger partial charge in [-0.05, 0) is 28.4 Å². The standard InChI is InChI=1S/C9H12BrNO3S/c1-15(13,14)6-2-5-11-7-8(10)3-4-9(11)12/h3-4,7H,2,5-6H2,1H3. The van der Waals surface area contributed by atoms with Gasteiger partial charge in [0.1, 0.15) is 9.84 Å². The van der Waals surface area contributed by atoms with E-state index in [1.54, 1.807) is 12.3 Å². The van der Waals surface area contributed by atoms with Crippen LogP contribution in [-0.4, -0.2) is 25.0 Å². The molecule has 0 saturated carbocycles. The first-order chi connectivity index (χ1) is 6.88. The van der Waals surface area contributed by atoms with Crippen molar-refractivity contribution in [3.63, 3.8) is 0 Å². The summed E-state index contributed by atoms with van der Waals surface area (Å²) in [6, 6.07) is 3.11. The minimum Gasteiger partial charge on any atom is -0.314 e. The van der Waals surface area contributed by atoms with Crippen molar-refractivity contribution < 1.29 is 8.42 Å². The molecule has 0 atom stereocenters. The summed E-state index contributed by atoms with van der Waals surface area (Å²) in [5.41, 5.74) is -0.119. The van der Waals surface area contributed by atoms with Gasteiger partial charge in [-0.2, -0.15) is 0 Å². The van der Waals surface area contributed by atoms with E-state index in [1.165, 1.54) is 16.9 Å². The third-order valence-corrected chi connectivity index (χ3v) is 3.36. The number of sulfone groups is 1. The van der Waals surface area contributed by atoms with Crippen molar-refractivity contribution in [3.05, 3.63) is 33.2 Å². The van der Waals surface area contributed by atoms with Crippen LogP contribution in [0.4, 0.5) is 0 Å². The summed E-state index contributed by atoms with van der Waals surface area (Å²) >= 11 is 3.25. The molecule has 0 radical (unpaired) electrons.